The minimum Gasteiger partial charge on any atom is -0.480 e. The molecule has 0 radical (unpaired) electrons. The van der Waals surface area contributed by atoms with E-state index in [2.05, 4.69) is 19.2 Å². The number of aliphatic carboxylic acids is 1. The lowest BCUT2D eigenvalue weighted by atomic mass is 9.83. The van der Waals surface area contributed by atoms with E-state index in [1.165, 1.54) is 25.7 Å². The molecule has 0 aromatic carbocycles. The van der Waals surface area contributed by atoms with E-state index in [0.717, 1.165) is 25.7 Å². The van der Waals surface area contributed by atoms with Gasteiger partial charge in [-0.25, -0.2) is 0 Å². The van der Waals surface area contributed by atoms with Crippen molar-refractivity contribution in [1.29, 1.82) is 0 Å². The van der Waals surface area contributed by atoms with Crippen LogP contribution >= 0.6 is 0 Å². The molecule has 0 aromatic heterocycles. The van der Waals surface area contributed by atoms with Gasteiger partial charge in [0, 0.05) is 6.04 Å². The zero-order chi connectivity index (χ0) is 14.3. The van der Waals surface area contributed by atoms with Gasteiger partial charge < -0.3 is 5.11 Å². The number of rotatable bonds is 7. The van der Waals surface area contributed by atoms with Gasteiger partial charge in [-0.15, -0.1) is 0 Å². The van der Waals surface area contributed by atoms with E-state index < -0.39 is 11.5 Å². The van der Waals surface area contributed by atoms with Crippen LogP contribution in [0.3, 0.4) is 0 Å². The van der Waals surface area contributed by atoms with Crippen molar-refractivity contribution in [3.63, 3.8) is 0 Å². The van der Waals surface area contributed by atoms with Crippen molar-refractivity contribution in [3.05, 3.63) is 0 Å². The predicted octanol–water partition coefficient (Wildman–Crippen LogP) is 3.97. The van der Waals surface area contributed by atoms with Gasteiger partial charge in [0.1, 0.15) is 5.54 Å². The third-order valence-electron chi connectivity index (χ3n) is 4.74. The van der Waals surface area contributed by atoms with Gasteiger partial charge >= 0.3 is 5.97 Å². The summed E-state index contributed by atoms with van der Waals surface area (Å²) in [7, 11) is 0. The van der Waals surface area contributed by atoms with E-state index in [4.69, 9.17) is 0 Å². The van der Waals surface area contributed by atoms with E-state index in [-0.39, 0.29) is 0 Å². The molecule has 112 valence electrons. The molecule has 2 atom stereocenters. The van der Waals surface area contributed by atoms with Gasteiger partial charge in [0.05, 0.1) is 0 Å². The number of hydrogen-bond acceptors (Lipinski definition) is 2. The van der Waals surface area contributed by atoms with Gasteiger partial charge in [0.2, 0.25) is 0 Å². The molecule has 0 amide bonds. The number of carboxylic acid groups (broad SMARTS) is 1. The van der Waals surface area contributed by atoms with Gasteiger partial charge in [0.15, 0.2) is 0 Å². The van der Waals surface area contributed by atoms with Crippen molar-refractivity contribution in [2.75, 3.05) is 0 Å². The lowest BCUT2D eigenvalue weighted by Crippen LogP contribution is -2.56. The monoisotopic (exact) mass is 269 g/mol. The molecule has 0 heterocycles. The summed E-state index contributed by atoms with van der Waals surface area (Å²) in [6.45, 7) is 6.29. The smallest absolute Gasteiger partial charge is 0.323 e. The van der Waals surface area contributed by atoms with Gasteiger partial charge in [-0.1, -0.05) is 52.9 Å². The maximum Gasteiger partial charge on any atom is 0.323 e. The maximum atomic E-state index is 11.8. The summed E-state index contributed by atoms with van der Waals surface area (Å²) in [6.07, 6.45) is 9.80. The SMILES string of the molecule is CCC(C)CC(CC)(NC1CCCCCC1)C(=O)O. The van der Waals surface area contributed by atoms with Crippen molar-refractivity contribution in [2.45, 2.75) is 90.1 Å². The number of nitrogens with one attached hydrogen (secondary N) is 1. The standard InChI is InChI=1S/C16H31NO2/c1-4-13(3)12-16(5-2,15(18)19)17-14-10-8-6-7-9-11-14/h13-14,17H,4-12H2,1-3H3,(H,18,19). The van der Waals surface area contributed by atoms with E-state index >= 15 is 0 Å². The van der Waals surface area contributed by atoms with Crippen molar-refractivity contribution in [1.82, 2.24) is 5.32 Å². The molecular weight excluding hydrogens is 238 g/mol. The highest BCUT2D eigenvalue weighted by Gasteiger charge is 2.39. The van der Waals surface area contributed by atoms with Gasteiger partial charge in [0.25, 0.3) is 0 Å². The predicted molar refractivity (Wildman–Crippen MR) is 79.4 cm³/mol. The summed E-state index contributed by atoms with van der Waals surface area (Å²) in [5.41, 5.74) is -0.718. The minimum absolute atomic E-state index is 0.391. The first-order valence-corrected chi connectivity index (χ1v) is 8.05. The van der Waals surface area contributed by atoms with E-state index in [1.807, 2.05) is 6.92 Å². The fraction of sp³-hybridized carbons (Fsp3) is 0.938. The topological polar surface area (TPSA) is 49.3 Å². The maximum absolute atomic E-state index is 11.8. The van der Waals surface area contributed by atoms with Gasteiger partial charge in [-0.3, -0.25) is 10.1 Å². The molecule has 0 spiro atoms. The summed E-state index contributed by atoms with van der Waals surface area (Å²) >= 11 is 0. The summed E-state index contributed by atoms with van der Waals surface area (Å²) in [6, 6.07) is 0.391. The van der Waals surface area contributed by atoms with Crippen LogP contribution in [0.25, 0.3) is 0 Å². The van der Waals surface area contributed by atoms with Crippen LogP contribution in [0.15, 0.2) is 0 Å². The first kappa shape index (κ1) is 16.5. The molecule has 1 fully saturated rings. The molecule has 0 saturated heterocycles. The van der Waals surface area contributed by atoms with Crippen LogP contribution in [0.1, 0.15) is 78.6 Å². The van der Waals surface area contributed by atoms with Crippen molar-refractivity contribution >= 4 is 5.97 Å². The molecule has 3 nitrogen and oxygen atoms in total. The average Bonchev–Trinajstić information content (AvgIpc) is 2.65. The summed E-state index contributed by atoms with van der Waals surface area (Å²) in [5.74, 6) is -0.214. The Morgan fingerprint density at radius 3 is 2.26 bits per heavy atom. The molecule has 3 heteroatoms. The minimum atomic E-state index is -0.718. The molecule has 0 aromatic rings. The van der Waals surface area contributed by atoms with E-state index in [1.54, 1.807) is 0 Å². The lowest BCUT2D eigenvalue weighted by molar-refractivity contribution is -0.146. The Morgan fingerprint density at radius 2 is 1.84 bits per heavy atom. The summed E-state index contributed by atoms with van der Waals surface area (Å²) in [5, 5.41) is 13.2. The number of carbonyl (C=O) groups is 1. The van der Waals surface area contributed by atoms with E-state index in [0.29, 0.717) is 18.4 Å². The van der Waals surface area contributed by atoms with Crippen LogP contribution in [-0.2, 0) is 4.79 Å². The van der Waals surface area contributed by atoms with Crippen LogP contribution < -0.4 is 5.32 Å². The largest absolute Gasteiger partial charge is 0.480 e. The second-order valence-corrected chi connectivity index (χ2v) is 6.29. The molecule has 1 saturated carbocycles. The Hall–Kier alpha value is -0.570. The second kappa shape index (κ2) is 7.88. The van der Waals surface area contributed by atoms with Crippen molar-refractivity contribution in [2.24, 2.45) is 5.92 Å². The third kappa shape index (κ3) is 4.79. The molecule has 19 heavy (non-hydrogen) atoms. The fourth-order valence-electron chi connectivity index (χ4n) is 3.16. The van der Waals surface area contributed by atoms with E-state index in [9.17, 15) is 9.90 Å². The molecule has 2 N–H and O–H groups in total. The van der Waals surface area contributed by atoms with Crippen LogP contribution in [0, 0.1) is 5.92 Å². The molecule has 1 aliphatic carbocycles. The second-order valence-electron chi connectivity index (χ2n) is 6.29. The Morgan fingerprint density at radius 1 is 1.26 bits per heavy atom. The van der Waals surface area contributed by atoms with Crippen molar-refractivity contribution < 1.29 is 9.90 Å². The Labute approximate surface area is 118 Å². The number of carboxylic acids is 1. The Bertz CT molecular complexity index is 272. The van der Waals surface area contributed by atoms with Crippen LogP contribution in [0.4, 0.5) is 0 Å². The zero-order valence-electron chi connectivity index (χ0n) is 12.9. The van der Waals surface area contributed by atoms with Crippen LogP contribution in [0.2, 0.25) is 0 Å². The van der Waals surface area contributed by atoms with Crippen LogP contribution in [-0.4, -0.2) is 22.7 Å². The van der Waals surface area contributed by atoms with Crippen molar-refractivity contribution in [3.8, 4) is 0 Å². The average molecular weight is 269 g/mol. The molecular formula is C16H31NO2. The normalized spacial score (nSPS) is 22.5. The van der Waals surface area contributed by atoms with Gasteiger partial charge in [-0.05, 0) is 31.6 Å². The summed E-state index contributed by atoms with van der Waals surface area (Å²) < 4.78 is 0. The summed E-state index contributed by atoms with van der Waals surface area (Å²) in [4.78, 5) is 11.8. The molecule has 0 aliphatic heterocycles. The highest BCUT2D eigenvalue weighted by molar-refractivity contribution is 5.78. The third-order valence-corrected chi connectivity index (χ3v) is 4.74. The molecule has 1 aliphatic rings. The van der Waals surface area contributed by atoms with Crippen LogP contribution in [0.5, 0.6) is 0 Å². The first-order valence-electron chi connectivity index (χ1n) is 8.05. The number of hydrogen-bond donors (Lipinski definition) is 2. The quantitative estimate of drug-likeness (QED) is 0.688. The first-order chi connectivity index (χ1) is 9.04. The zero-order valence-corrected chi connectivity index (χ0v) is 12.9. The Kier molecular flexibility index (Phi) is 6.84. The highest BCUT2D eigenvalue weighted by atomic mass is 16.4. The molecule has 2 unspecified atom stereocenters. The highest BCUT2D eigenvalue weighted by Crippen LogP contribution is 2.27. The Balaban J connectivity index is 2.74. The molecule has 1 rings (SSSR count). The van der Waals surface area contributed by atoms with Gasteiger partial charge in [-0.2, -0.15) is 0 Å². The molecule has 0 bridgehead atoms. The lowest BCUT2D eigenvalue weighted by Gasteiger charge is -2.35. The fourth-order valence-corrected chi connectivity index (χ4v) is 3.16.